The monoisotopic (exact) mass is 293 g/mol. The molecule has 0 bridgehead atoms. The van der Waals surface area contributed by atoms with Gasteiger partial charge in [-0.25, -0.2) is 0 Å². The van der Waals surface area contributed by atoms with Gasteiger partial charge in [-0.15, -0.1) is 0 Å². The first kappa shape index (κ1) is 15.4. The molecule has 1 amide bonds. The molecule has 1 fully saturated rings. The van der Waals surface area contributed by atoms with Crippen molar-refractivity contribution in [2.75, 3.05) is 19.4 Å². The highest BCUT2D eigenvalue weighted by atomic mass is 32.2. The van der Waals surface area contributed by atoms with E-state index in [1.165, 1.54) is 18.4 Å². The van der Waals surface area contributed by atoms with Crippen LogP contribution in [-0.2, 0) is 5.75 Å². The number of aliphatic hydroxyl groups excluding tert-OH is 1. The lowest BCUT2D eigenvalue weighted by Crippen LogP contribution is -2.40. The Bertz CT molecular complexity index is 444. The van der Waals surface area contributed by atoms with Gasteiger partial charge in [0.2, 0.25) is 0 Å². The summed E-state index contributed by atoms with van der Waals surface area (Å²) >= 11 is 1.75. The quantitative estimate of drug-likeness (QED) is 0.876. The number of benzene rings is 1. The number of carbonyl (C=O) groups is 1. The van der Waals surface area contributed by atoms with Crippen LogP contribution >= 0.6 is 11.8 Å². The average Bonchev–Trinajstić information content (AvgIpc) is 2.98. The zero-order valence-electron chi connectivity index (χ0n) is 12.0. The largest absolute Gasteiger partial charge is 0.395 e. The first-order valence-corrected chi connectivity index (χ1v) is 8.65. The number of nitrogens with zero attached hydrogens (tertiary/aromatic N) is 1. The molecule has 0 aliphatic heterocycles. The van der Waals surface area contributed by atoms with Gasteiger partial charge in [-0.05, 0) is 36.8 Å². The summed E-state index contributed by atoms with van der Waals surface area (Å²) < 4.78 is 0. The molecule has 0 radical (unpaired) electrons. The topological polar surface area (TPSA) is 40.5 Å². The summed E-state index contributed by atoms with van der Waals surface area (Å²) in [6.07, 6.45) is 6.57. The molecule has 0 unspecified atom stereocenters. The number of thioether (sulfide) groups is 1. The summed E-state index contributed by atoms with van der Waals surface area (Å²) in [5.41, 5.74) is 1.93. The Hall–Kier alpha value is -1.00. The maximum atomic E-state index is 12.7. The van der Waals surface area contributed by atoms with Gasteiger partial charge >= 0.3 is 0 Å². The highest BCUT2D eigenvalue weighted by Crippen LogP contribution is 2.25. The van der Waals surface area contributed by atoms with Crippen molar-refractivity contribution >= 4 is 17.7 Å². The first-order valence-electron chi connectivity index (χ1n) is 7.26. The number of carbonyl (C=O) groups excluding carboxylic acids is 1. The Morgan fingerprint density at radius 3 is 2.80 bits per heavy atom. The van der Waals surface area contributed by atoms with Crippen LogP contribution in [0.1, 0.15) is 41.6 Å². The van der Waals surface area contributed by atoms with E-state index in [1.807, 2.05) is 23.1 Å². The molecule has 0 saturated heterocycles. The van der Waals surface area contributed by atoms with E-state index in [-0.39, 0.29) is 12.5 Å². The van der Waals surface area contributed by atoms with Gasteiger partial charge < -0.3 is 10.0 Å². The van der Waals surface area contributed by atoms with E-state index in [4.69, 9.17) is 0 Å². The third-order valence-electron chi connectivity index (χ3n) is 3.85. The summed E-state index contributed by atoms with van der Waals surface area (Å²) in [7, 11) is 0. The molecule has 0 atom stereocenters. The summed E-state index contributed by atoms with van der Waals surface area (Å²) in [6.45, 7) is 0.475. The van der Waals surface area contributed by atoms with E-state index in [1.54, 1.807) is 11.8 Å². The second kappa shape index (κ2) is 7.70. The number of hydrogen-bond donors (Lipinski definition) is 1. The molecule has 20 heavy (non-hydrogen) atoms. The van der Waals surface area contributed by atoms with Crippen molar-refractivity contribution < 1.29 is 9.90 Å². The maximum absolute atomic E-state index is 12.7. The Morgan fingerprint density at radius 2 is 2.15 bits per heavy atom. The van der Waals surface area contributed by atoms with Crippen LogP contribution in [0.5, 0.6) is 0 Å². The van der Waals surface area contributed by atoms with E-state index < -0.39 is 0 Å². The Labute approximate surface area is 125 Å². The van der Waals surface area contributed by atoms with E-state index in [0.717, 1.165) is 24.2 Å². The van der Waals surface area contributed by atoms with Crippen molar-refractivity contribution in [2.24, 2.45) is 0 Å². The minimum Gasteiger partial charge on any atom is -0.395 e. The summed E-state index contributed by atoms with van der Waals surface area (Å²) in [5.74, 6) is 0.985. The molecule has 1 saturated carbocycles. The predicted molar refractivity (Wildman–Crippen MR) is 84.0 cm³/mol. The normalized spacial score (nSPS) is 15.5. The molecule has 0 spiro atoms. The molecule has 1 N–H and O–H groups in total. The van der Waals surface area contributed by atoms with Crippen LogP contribution in [0.25, 0.3) is 0 Å². The SMILES string of the molecule is CSCc1cccc(C(=O)N(CCO)C2CCCC2)c1. The van der Waals surface area contributed by atoms with Crippen molar-refractivity contribution in [2.45, 2.75) is 37.5 Å². The fraction of sp³-hybridized carbons (Fsp3) is 0.562. The zero-order chi connectivity index (χ0) is 14.4. The van der Waals surface area contributed by atoms with E-state index >= 15 is 0 Å². The fourth-order valence-corrected chi connectivity index (χ4v) is 3.41. The lowest BCUT2D eigenvalue weighted by Gasteiger charge is -2.28. The molecule has 4 heteroatoms. The van der Waals surface area contributed by atoms with Crippen molar-refractivity contribution in [3.63, 3.8) is 0 Å². The van der Waals surface area contributed by atoms with Gasteiger partial charge in [0.15, 0.2) is 0 Å². The Balaban J connectivity index is 2.15. The van der Waals surface area contributed by atoms with Crippen molar-refractivity contribution in [3.8, 4) is 0 Å². The average molecular weight is 293 g/mol. The van der Waals surface area contributed by atoms with Crippen LogP contribution in [0.15, 0.2) is 24.3 Å². The van der Waals surface area contributed by atoms with E-state index in [2.05, 4.69) is 12.3 Å². The van der Waals surface area contributed by atoms with Gasteiger partial charge in [-0.2, -0.15) is 11.8 Å². The van der Waals surface area contributed by atoms with E-state index in [9.17, 15) is 9.90 Å². The third kappa shape index (κ3) is 3.76. The van der Waals surface area contributed by atoms with Crippen LogP contribution in [0.3, 0.4) is 0 Å². The van der Waals surface area contributed by atoms with Crippen molar-refractivity contribution in [1.29, 1.82) is 0 Å². The molecule has 1 aromatic rings. The second-order valence-electron chi connectivity index (χ2n) is 5.29. The highest BCUT2D eigenvalue weighted by molar-refractivity contribution is 7.97. The Kier molecular flexibility index (Phi) is 5.92. The molecule has 1 aliphatic rings. The van der Waals surface area contributed by atoms with Crippen molar-refractivity contribution in [1.82, 2.24) is 4.90 Å². The zero-order valence-corrected chi connectivity index (χ0v) is 12.9. The van der Waals surface area contributed by atoms with Crippen LogP contribution in [0.2, 0.25) is 0 Å². The molecule has 3 nitrogen and oxygen atoms in total. The lowest BCUT2D eigenvalue weighted by atomic mass is 10.1. The number of aliphatic hydroxyl groups is 1. The minimum atomic E-state index is 0.0345. The number of amides is 1. The van der Waals surface area contributed by atoms with Gasteiger partial charge in [-0.3, -0.25) is 4.79 Å². The number of hydrogen-bond acceptors (Lipinski definition) is 3. The third-order valence-corrected chi connectivity index (χ3v) is 4.47. The second-order valence-corrected chi connectivity index (χ2v) is 6.16. The molecule has 0 aromatic heterocycles. The molecule has 0 heterocycles. The maximum Gasteiger partial charge on any atom is 0.254 e. The molecule has 2 rings (SSSR count). The first-order chi connectivity index (χ1) is 9.76. The lowest BCUT2D eigenvalue weighted by molar-refractivity contribution is 0.0638. The van der Waals surface area contributed by atoms with Crippen LogP contribution in [-0.4, -0.2) is 41.4 Å². The predicted octanol–water partition coefficient (Wildman–Crippen LogP) is 2.93. The Morgan fingerprint density at radius 1 is 1.40 bits per heavy atom. The molecule has 1 aromatic carbocycles. The molecule has 110 valence electrons. The van der Waals surface area contributed by atoms with Crippen LogP contribution in [0.4, 0.5) is 0 Å². The molecule has 1 aliphatic carbocycles. The fourth-order valence-electron chi connectivity index (χ4n) is 2.90. The smallest absolute Gasteiger partial charge is 0.254 e. The molecular weight excluding hydrogens is 270 g/mol. The van der Waals surface area contributed by atoms with Crippen LogP contribution < -0.4 is 0 Å². The van der Waals surface area contributed by atoms with Crippen LogP contribution in [0, 0.1) is 0 Å². The summed E-state index contributed by atoms with van der Waals surface area (Å²) in [4.78, 5) is 14.6. The number of rotatable bonds is 6. The standard InChI is InChI=1S/C16H23NO2S/c1-20-12-13-5-4-6-14(11-13)16(19)17(9-10-18)15-7-2-3-8-15/h4-6,11,15,18H,2-3,7-10,12H2,1H3. The van der Waals surface area contributed by atoms with Gasteiger partial charge in [-0.1, -0.05) is 25.0 Å². The van der Waals surface area contributed by atoms with E-state index in [0.29, 0.717) is 12.6 Å². The van der Waals surface area contributed by atoms with Gasteiger partial charge in [0.05, 0.1) is 6.61 Å². The summed E-state index contributed by atoms with van der Waals surface area (Å²) in [5, 5.41) is 9.23. The highest BCUT2D eigenvalue weighted by Gasteiger charge is 2.26. The van der Waals surface area contributed by atoms with Gasteiger partial charge in [0, 0.05) is 23.9 Å². The summed E-state index contributed by atoms with van der Waals surface area (Å²) in [6, 6.07) is 8.17. The molecular formula is C16H23NO2S. The minimum absolute atomic E-state index is 0.0345. The van der Waals surface area contributed by atoms with Gasteiger partial charge in [0.1, 0.15) is 0 Å². The van der Waals surface area contributed by atoms with Crippen molar-refractivity contribution in [3.05, 3.63) is 35.4 Å². The van der Waals surface area contributed by atoms with Gasteiger partial charge in [0.25, 0.3) is 5.91 Å².